The Kier molecular flexibility index (Phi) is 2.93. The molecule has 1 aromatic heterocycles. The molecule has 1 heterocycles. The number of rotatable bonds is 2. The monoisotopic (exact) mass is 247 g/mol. The number of hydrogen-bond acceptors (Lipinski definition) is 4. The third-order valence-corrected chi connectivity index (χ3v) is 2.66. The van der Waals surface area contributed by atoms with Crippen LogP contribution in [0.4, 0.5) is 5.82 Å². The van der Waals surface area contributed by atoms with Gasteiger partial charge in [0.25, 0.3) is 5.56 Å². The number of aromatic nitrogens is 2. The smallest absolute Gasteiger partial charge is 0.337 e. The predicted octanol–water partition coefficient (Wildman–Crippen LogP) is 0.127. The Morgan fingerprint density at radius 3 is 2.56 bits per heavy atom. The van der Waals surface area contributed by atoms with Crippen LogP contribution >= 0.6 is 0 Å². The van der Waals surface area contributed by atoms with E-state index in [1.54, 1.807) is 24.3 Å². The van der Waals surface area contributed by atoms with E-state index in [1.807, 2.05) is 0 Å². The van der Waals surface area contributed by atoms with Crippen LogP contribution in [0.1, 0.15) is 0 Å². The zero-order valence-corrected chi connectivity index (χ0v) is 10.1. The molecule has 0 unspecified atom stereocenters. The molecule has 0 atom stereocenters. The van der Waals surface area contributed by atoms with Crippen LogP contribution in [0.25, 0.3) is 5.69 Å². The van der Waals surface area contributed by atoms with Crippen molar-refractivity contribution in [3.63, 3.8) is 0 Å². The molecule has 1 aromatic carbocycles. The zero-order valence-electron chi connectivity index (χ0n) is 10.1. The standard InChI is InChI=1S/C12H13N3O3/c1-14-11(16)7-10(13)15(12(14)17)8-5-3-4-6-9(8)18-2/h3-7H,13H2,1-2H3. The molecule has 0 aliphatic carbocycles. The molecule has 0 saturated heterocycles. The maximum atomic E-state index is 12.1. The highest BCUT2D eigenvalue weighted by molar-refractivity contribution is 5.51. The fourth-order valence-electron chi connectivity index (χ4n) is 1.70. The van der Waals surface area contributed by atoms with Gasteiger partial charge in [-0.05, 0) is 12.1 Å². The average molecular weight is 247 g/mol. The lowest BCUT2D eigenvalue weighted by Gasteiger charge is -2.13. The summed E-state index contributed by atoms with van der Waals surface area (Å²) in [5.74, 6) is 0.581. The van der Waals surface area contributed by atoms with Gasteiger partial charge in [0.15, 0.2) is 0 Å². The van der Waals surface area contributed by atoms with Gasteiger partial charge in [-0.2, -0.15) is 0 Å². The summed E-state index contributed by atoms with van der Waals surface area (Å²) in [5.41, 5.74) is 5.29. The van der Waals surface area contributed by atoms with Crippen LogP contribution in [0.2, 0.25) is 0 Å². The van der Waals surface area contributed by atoms with Crippen molar-refractivity contribution in [2.24, 2.45) is 7.05 Å². The fourth-order valence-corrected chi connectivity index (χ4v) is 1.70. The van der Waals surface area contributed by atoms with E-state index >= 15 is 0 Å². The Morgan fingerprint density at radius 2 is 1.89 bits per heavy atom. The molecule has 94 valence electrons. The Morgan fingerprint density at radius 1 is 1.22 bits per heavy atom. The molecule has 0 amide bonds. The number of ether oxygens (including phenoxy) is 1. The summed E-state index contributed by atoms with van der Waals surface area (Å²) in [7, 11) is 2.90. The SMILES string of the molecule is COc1ccccc1-n1c(N)cc(=O)n(C)c1=O. The van der Waals surface area contributed by atoms with Gasteiger partial charge in [0, 0.05) is 13.1 Å². The molecule has 0 fully saturated rings. The van der Waals surface area contributed by atoms with E-state index in [4.69, 9.17) is 10.5 Å². The van der Waals surface area contributed by atoms with Gasteiger partial charge in [0.1, 0.15) is 11.6 Å². The summed E-state index contributed by atoms with van der Waals surface area (Å²) >= 11 is 0. The van der Waals surface area contributed by atoms with Crippen LogP contribution in [-0.4, -0.2) is 16.2 Å². The minimum atomic E-state index is -0.510. The first kappa shape index (κ1) is 12.0. The Hall–Kier alpha value is -2.50. The van der Waals surface area contributed by atoms with Crippen molar-refractivity contribution in [1.29, 1.82) is 0 Å². The second kappa shape index (κ2) is 4.40. The van der Waals surface area contributed by atoms with Crippen LogP contribution in [0, 0.1) is 0 Å². The van der Waals surface area contributed by atoms with Gasteiger partial charge in [-0.15, -0.1) is 0 Å². The number of para-hydroxylation sites is 2. The fraction of sp³-hybridized carbons (Fsp3) is 0.167. The summed E-state index contributed by atoms with van der Waals surface area (Å²) in [6.45, 7) is 0. The lowest BCUT2D eigenvalue weighted by Crippen LogP contribution is -2.38. The first-order valence-electron chi connectivity index (χ1n) is 5.28. The van der Waals surface area contributed by atoms with E-state index in [9.17, 15) is 9.59 Å². The number of nitrogens with zero attached hydrogens (tertiary/aromatic N) is 2. The van der Waals surface area contributed by atoms with Gasteiger partial charge < -0.3 is 10.5 Å². The van der Waals surface area contributed by atoms with Crippen molar-refractivity contribution in [1.82, 2.24) is 9.13 Å². The van der Waals surface area contributed by atoms with Crippen molar-refractivity contribution in [2.75, 3.05) is 12.8 Å². The molecule has 2 N–H and O–H groups in total. The second-order valence-corrected chi connectivity index (χ2v) is 3.76. The topological polar surface area (TPSA) is 79.2 Å². The Balaban J connectivity index is 2.84. The summed E-state index contributed by atoms with van der Waals surface area (Å²) in [6, 6.07) is 8.15. The van der Waals surface area contributed by atoms with Crippen molar-refractivity contribution >= 4 is 5.82 Å². The van der Waals surface area contributed by atoms with E-state index < -0.39 is 11.2 Å². The quantitative estimate of drug-likeness (QED) is 0.818. The lowest BCUT2D eigenvalue weighted by molar-refractivity contribution is 0.412. The summed E-state index contributed by atoms with van der Waals surface area (Å²) in [4.78, 5) is 23.5. The minimum absolute atomic E-state index is 0.0765. The third kappa shape index (κ3) is 1.77. The van der Waals surface area contributed by atoms with Crippen molar-refractivity contribution in [2.45, 2.75) is 0 Å². The first-order chi connectivity index (χ1) is 8.56. The molecule has 0 bridgehead atoms. The van der Waals surface area contributed by atoms with Crippen LogP contribution in [-0.2, 0) is 7.05 Å². The van der Waals surface area contributed by atoms with E-state index in [1.165, 1.54) is 24.8 Å². The van der Waals surface area contributed by atoms with Crippen molar-refractivity contribution in [3.05, 3.63) is 51.2 Å². The normalized spacial score (nSPS) is 10.3. The van der Waals surface area contributed by atoms with Crippen LogP contribution in [0.3, 0.4) is 0 Å². The molecule has 6 heteroatoms. The average Bonchev–Trinajstić information content (AvgIpc) is 2.37. The number of methoxy groups -OCH3 is 1. The second-order valence-electron chi connectivity index (χ2n) is 3.76. The number of benzene rings is 1. The number of nitrogens with two attached hydrogens (primary N) is 1. The molecule has 18 heavy (non-hydrogen) atoms. The maximum Gasteiger partial charge on any atom is 0.337 e. The Labute approximate surface area is 103 Å². The summed E-state index contributed by atoms with van der Waals surface area (Å²) < 4.78 is 7.40. The molecule has 0 aliphatic heterocycles. The maximum absolute atomic E-state index is 12.1. The summed E-state index contributed by atoms with van der Waals surface area (Å²) in [6.07, 6.45) is 0. The number of nitrogen functional groups attached to an aromatic ring is 1. The largest absolute Gasteiger partial charge is 0.495 e. The van der Waals surface area contributed by atoms with Gasteiger partial charge in [0.2, 0.25) is 0 Å². The highest BCUT2D eigenvalue weighted by atomic mass is 16.5. The Bertz CT molecular complexity index is 700. The van der Waals surface area contributed by atoms with Gasteiger partial charge in [0.05, 0.1) is 12.8 Å². The van der Waals surface area contributed by atoms with Crippen LogP contribution in [0.5, 0.6) is 5.75 Å². The van der Waals surface area contributed by atoms with Crippen molar-refractivity contribution in [3.8, 4) is 11.4 Å². The minimum Gasteiger partial charge on any atom is -0.495 e. The molecule has 0 aliphatic rings. The molecule has 2 rings (SSSR count). The molecule has 2 aromatic rings. The zero-order chi connectivity index (χ0) is 13.3. The molecule has 0 saturated carbocycles. The van der Waals surface area contributed by atoms with Crippen LogP contribution in [0.15, 0.2) is 39.9 Å². The van der Waals surface area contributed by atoms with E-state index in [0.29, 0.717) is 11.4 Å². The lowest BCUT2D eigenvalue weighted by atomic mass is 10.3. The van der Waals surface area contributed by atoms with E-state index in [-0.39, 0.29) is 5.82 Å². The highest BCUT2D eigenvalue weighted by Gasteiger charge is 2.12. The highest BCUT2D eigenvalue weighted by Crippen LogP contribution is 2.21. The molecule has 0 radical (unpaired) electrons. The molecule has 6 nitrogen and oxygen atoms in total. The number of hydrogen-bond donors (Lipinski definition) is 1. The first-order valence-corrected chi connectivity index (χ1v) is 5.28. The van der Waals surface area contributed by atoms with Crippen LogP contribution < -0.4 is 21.7 Å². The predicted molar refractivity (Wildman–Crippen MR) is 68.2 cm³/mol. The van der Waals surface area contributed by atoms with E-state index in [2.05, 4.69) is 0 Å². The molecule has 0 spiro atoms. The number of anilines is 1. The third-order valence-electron chi connectivity index (χ3n) is 2.66. The van der Waals surface area contributed by atoms with E-state index in [0.717, 1.165) is 4.57 Å². The molecular formula is C12H13N3O3. The summed E-state index contributed by atoms with van der Waals surface area (Å²) in [5, 5.41) is 0. The van der Waals surface area contributed by atoms with Crippen molar-refractivity contribution < 1.29 is 4.74 Å². The molecular weight excluding hydrogens is 234 g/mol. The van der Waals surface area contributed by atoms with Gasteiger partial charge in [-0.25, -0.2) is 9.36 Å². The van der Waals surface area contributed by atoms with Gasteiger partial charge >= 0.3 is 5.69 Å². The van der Waals surface area contributed by atoms with Gasteiger partial charge in [-0.1, -0.05) is 12.1 Å². The van der Waals surface area contributed by atoms with Gasteiger partial charge in [-0.3, -0.25) is 9.36 Å².